The van der Waals surface area contributed by atoms with Crippen molar-refractivity contribution in [2.45, 2.75) is 6.61 Å². The second-order valence-electron chi connectivity index (χ2n) is 4.10. The van der Waals surface area contributed by atoms with Crippen LogP contribution < -0.4 is 5.56 Å². The molecule has 0 fully saturated rings. The molecule has 0 saturated heterocycles. The Morgan fingerprint density at radius 3 is 2.95 bits per heavy atom. The fraction of sp³-hybridized carbons (Fsp3) is 0.167. The van der Waals surface area contributed by atoms with Crippen LogP contribution >= 0.6 is 0 Å². The van der Waals surface area contributed by atoms with Crippen molar-refractivity contribution in [1.82, 2.24) is 29.8 Å². The van der Waals surface area contributed by atoms with Crippen LogP contribution in [-0.2, 0) is 11.3 Å². The lowest BCUT2D eigenvalue weighted by Crippen LogP contribution is -2.19. The fourth-order valence-electron chi connectivity index (χ4n) is 1.83. The molecule has 0 aliphatic rings. The van der Waals surface area contributed by atoms with Gasteiger partial charge in [0.15, 0.2) is 11.5 Å². The van der Waals surface area contributed by atoms with Crippen LogP contribution in [0.5, 0.6) is 0 Å². The van der Waals surface area contributed by atoms with Gasteiger partial charge in [-0.15, -0.1) is 5.10 Å². The zero-order valence-electron chi connectivity index (χ0n) is 10.7. The first kappa shape index (κ1) is 12.3. The van der Waals surface area contributed by atoms with Crippen LogP contribution in [0.1, 0.15) is 5.56 Å². The number of ether oxygens (including phenoxy) is 1. The average Bonchev–Trinajstić information content (AvgIpc) is 3.09. The highest BCUT2D eigenvalue weighted by Gasteiger charge is 2.10. The van der Waals surface area contributed by atoms with Gasteiger partial charge < -0.3 is 4.74 Å². The molecule has 8 heteroatoms. The van der Waals surface area contributed by atoms with Gasteiger partial charge in [0.1, 0.15) is 0 Å². The van der Waals surface area contributed by atoms with Gasteiger partial charge in [0.25, 0.3) is 5.56 Å². The topological polar surface area (TPSA) is 90.6 Å². The summed E-state index contributed by atoms with van der Waals surface area (Å²) in [5.74, 6) is 0.501. The second kappa shape index (κ2) is 5.10. The average molecular weight is 272 g/mol. The highest BCUT2D eigenvalue weighted by molar-refractivity contribution is 5.30. The highest BCUT2D eigenvalue weighted by atomic mass is 16.5. The van der Waals surface area contributed by atoms with E-state index in [1.165, 1.54) is 15.6 Å². The summed E-state index contributed by atoms with van der Waals surface area (Å²) in [5.41, 5.74) is 1.07. The molecule has 3 rings (SSSR count). The zero-order chi connectivity index (χ0) is 13.9. The zero-order valence-corrected chi connectivity index (χ0v) is 10.7. The van der Waals surface area contributed by atoms with E-state index in [2.05, 4.69) is 20.4 Å². The molecule has 0 unspecified atom stereocenters. The van der Waals surface area contributed by atoms with E-state index in [-0.39, 0.29) is 5.56 Å². The summed E-state index contributed by atoms with van der Waals surface area (Å²) in [6.07, 6.45) is 6.33. The number of nitrogens with one attached hydrogen (secondary N) is 1. The Morgan fingerprint density at radius 2 is 2.30 bits per heavy atom. The van der Waals surface area contributed by atoms with E-state index >= 15 is 0 Å². The van der Waals surface area contributed by atoms with Crippen LogP contribution in [0, 0.1) is 0 Å². The molecule has 0 aromatic carbocycles. The van der Waals surface area contributed by atoms with Gasteiger partial charge in [0, 0.05) is 13.3 Å². The van der Waals surface area contributed by atoms with Crippen molar-refractivity contribution in [2.24, 2.45) is 0 Å². The Bertz CT molecular complexity index is 741. The molecule has 8 nitrogen and oxygen atoms in total. The van der Waals surface area contributed by atoms with Crippen molar-refractivity contribution < 1.29 is 4.74 Å². The minimum atomic E-state index is -0.248. The number of methoxy groups -OCH3 is 1. The van der Waals surface area contributed by atoms with E-state index in [1.807, 2.05) is 6.07 Å². The molecule has 1 N–H and O–H groups in total. The Labute approximate surface area is 113 Å². The summed E-state index contributed by atoms with van der Waals surface area (Å²) < 4.78 is 7.75. The van der Waals surface area contributed by atoms with Gasteiger partial charge in [-0.1, -0.05) is 11.3 Å². The minimum Gasteiger partial charge on any atom is -0.380 e. The van der Waals surface area contributed by atoms with E-state index in [1.54, 1.807) is 31.8 Å². The molecule has 3 heterocycles. The molecule has 0 atom stereocenters. The molecular weight excluding hydrogens is 260 g/mol. The maximum Gasteiger partial charge on any atom is 0.298 e. The van der Waals surface area contributed by atoms with Gasteiger partial charge in [-0.3, -0.25) is 9.89 Å². The van der Waals surface area contributed by atoms with Gasteiger partial charge >= 0.3 is 0 Å². The number of rotatable bonds is 4. The third kappa shape index (κ3) is 2.12. The Hall–Kier alpha value is -2.74. The quantitative estimate of drug-likeness (QED) is 0.737. The van der Waals surface area contributed by atoms with E-state index in [4.69, 9.17) is 4.74 Å². The number of nitrogens with zero attached hydrogens (tertiary/aromatic N) is 5. The highest BCUT2D eigenvalue weighted by Crippen LogP contribution is 2.05. The molecule has 102 valence electrons. The van der Waals surface area contributed by atoms with Crippen molar-refractivity contribution in [1.29, 1.82) is 0 Å². The van der Waals surface area contributed by atoms with E-state index < -0.39 is 0 Å². The smallest absolute Gasteiger partial charge is 0.298 e. The number of hydrogen-bond acceptors (Lipinski definition) is 5. The summed E-state index contributed by atoms with van der Waals surface area (Å²) in [7, 11) is 1.62. The summed E-state index contributed by atoms with van der Waals surface area (Å²) in [5, 5.41) is 10.3. The summed E-state index contributed by atoms with van der Waals surface area (Å²) >= 11 is 0. The number of aromatic nitrogens is 6. The molecule has 20 heavy (non-hydrogen) atoms. The molecule has 0 aliphatic carbocycles. The molecule has 0 amide bonds. The normalized spacial score (nSPS) is 10.8. The maximum absolute atomic E-state index is 12.3. The molecule has 0 radical (unpaired) electrons. The summed E-state index contributed by atoms with van der Waals surface area (Å²) in [6.45, 7) is 0.483. The first-order valence-electron chi connectivity index (χ1n) is 5.91. The van der Waals surface area contributed by atoms with Gasteiger partial charge in [-0.25, -0.2) is 9.67 Å². The third-order valence-electron chi connectivity index (χ3n) is 2.77. The standard InChI is InChI=1S/C12H12N6O2/c1-20-8-9-2-3-11(13-6-9)18-12(19)10(7-15-18)17-5-4-14-16-17/h2-7,15H,8H2,1H3. The summed E-state index contributed by atoms with van der Waals surface area (Å²) in [6, 6.07) is 3.60. The van der Waals surface area contributed by atoms with Crippen molar-refractivity contribution in [3.8, 4) is 11.5 Å². The van der Waals surface area contributed by atoms with Crippen LogP contribution in [0.25, 0.3) is 11.5 Å². The lowest BCUT2D eigenvalue weighted by atomic mass is 10.3. The largest absolute Gasteiger partial charge is 0.380 e. The SMILES string of the molecule is COCc1ccc(-n2[nH]cc(-n3ccnn3)c2=O)nc1. The number of pyridine rings is 1. The van der Waals surface area contributed by atoms with Crippen molar-refractivity contribution in [2.75, 3.05) is 7.11 Å². The number of aromatic amines is 1. The van der Waals surface area contributed by atoms with Gasteiger partial charge in [0.05, 0.1) is 25.2 Å². The molecule has 3 aromatic rings. The van der Waals surface area contributed by atoms with Crippen molar-refractivity contribution in [3.05, 3.63) is 52.8 Å². The molecular formula is C12H12N6O2. The third-order valence-corrected chi connectivity index (χ3v) is 2.77. The monoisotopic (exact) mass is 272 g/mol. The van der Waals surface area contributed by atoms with Gasteiger partial charge in [0.2, 0.25) is 0 Å². The van der Waals surface area contributed by atoms with E-state index in [9.17, 15) is 4.79 Å². The van der Waals surface area contributed by atoms with Crippen LogP contribution in [0.4, 0.5) is 0 Å². The van der Waals surface area contributed by atoms with Crippen LogP contribution in [0.15, 0.2) is 41.7 Å². The van der Waals surface area contributed by atoms with Crippen LogP contribution in [0.3, 0.4) is 0 Å². The van der Waals surface area contributed by atoms with E-state index in [0.717, 1.165) is 5.56 Å². The van der Waals surface area contributed by atoms with Crippen molar-refractivity contribution in [3.63, 3.8) is 0 Å². The first-order valence-corrected chi connectivity index (χ1v) is 5.91. The Kier molecular flexibility index (Phi) is 3.13. The van der Waals surface area contributed by atoms with E-state index in [0.29, 0.717) is 18.1 Å². The lowest BCUT2D eigenvalue weighted by Gasteiger charge is -2.02. The fourth-order valence-corrected chi connectivity index (χ4v) is 1.83. The maximum atomic E-state index is 12.3. The Balaban J connectivity index is 1.97. The molecule has 0 spiro atoms. The first-order chi connectivity index (χ1) is 9.79. The minimum absolute atomic E-state index is 0.248. The molecule has 0 aliphatic heterocycles. The van der Waals surface area contributed by atoms with Crippen molar-refractivity contribution >= 4 is 0 Å². The number of H-pyrrole nitrogens is 1. The summed E-state index contributed by atoms with van der Waals surface area (Å²) in [4.78, 5) is 16.5. The van der Waals surface area contributed by atoms with Crippen LogP contribution in [0.2, 0.25) is 0 Å². The van der Waals surface area contributed by atoms with Gasteiger partial charge in [-0.2, -0.15) is 4.68 Å². The number of hydrogen-bond donors (Lipinski definition) is 1. The van der Waals surface area contributed by atoms with Gasteiger partial charge in [-0.05, 0) is 11.6 Å². The second-order valence-corrected chi connectivity index (χ2v) is 4.10. The lowest BCUT2D eigenvalue weighted by molar-refractivity contribution is 0.184. The predicted octanol–water partition coefficient (Wildman–Crippen LogP) is 0.288. The predicted molar refractivity (Wildman–Crippen MR) is 69.8 cm³/mol. The molecule has 0 bridgehead atoms. The molecule has 3 aromatic heterocycles. The molecule has 0 saturated carbocycles. The van der Waals surface area contributed by atoms with Crippen LogP contribution in [-0.4, -0.2) is 36.9 Å². The Morgan fingerprint density at radius 1 is 1.40 bits per heavy atom.